The van der Waals surface area contributed by atoms with Crippen LogP contribution >= 0.6 is 0 Å². The van der Waals surface area contributed by atoms with Gasteiger partial charge in [-0.2, -0.15) is 0 Å². The van der Waals surface area contributed by atoms with E-state index in [1.54, 1.807) is 117 Å². The number of fused-ring (bicyclic) bond motifs is 2. The predicted octanol–water partition coefficient (Wildman–Crippen LogP) is 5.53. The second-order valence-corrected chi connectivity index (χ2v) is 15.0. The standard InChI is InChI=1S/C38H46N4O8/c1-21-31(43)40-27-18-25(13-15-29(27)47-21)38(39,34(46)50-36(6,7)8)20-23-11-10-12-24(17-23)37(9,33(45)49-35(3,4)5)42-26-14-16-30-28(19-26)41-32(44)22(2)48-30/h10-19,21-22,42H,20,39H2,1-9H3,(H,40,43)(H,41,44). The van der Waals surface area contributed by atoms with Gasteiger partial charge in [0.1, 0.15) is 28.2 Å². The molecule has 0 saturated heterocycles. The molecule has 0 spiro atoms. The van der Waals surface area contributed by atoms with Crippen LogP contribution in [0.5, 0.6) is 11.5 Å². The van der Waals surface area contributed by atoms with Crippen molar-refractivity contribution < 1.29 is 38.1 Å². The van der Waals surface area contributed by atoms with Crippen LogP contribution in [0.25, 0.3) is 0 Å². The minimum absolute atomic E-state index is 0.0233. The lowest BCUT2D eigenvalue weighted by Crippen LogP contribution is -2.50. The second kappa shape index (κ2) is 13.0. The van der Waals surface area contributed by atoms with Crippen LogP contribution in [-0.4, -0.2) is 47.2 Å². The SMILES string of the molecule is CC1Oc2ccc(NC(C)(C(=O)OC(C)(C)C)c3cccc(CC(N)(C(=O)OC(C)(C)C)c4ccc5c(c4)NC(=O)C(C)O5)c3)cc2NC1=O. The van der Waals surface area contributed by atoms with Crippen molar-refractivity contribution in [3.05, 3.63) is 77.4 Å². The van der Waals surface area contributed by atoms with Gasteiger partial charge in [0.2, 0.25) is 0 Å². The molecule has 2 aliphatic heterocycles. The first-order chi connectivity index (χ1) is 23.2. The molecule has 12 heteroatoms. The molecule has 2 amide bonds. The maximum Gasteiger partial charge on any atom is 0.336 e. The molecule has 0 aromatic heterocycles. The summed E-state index contributed by atoms with van der Waals surface area (Å²) in [5, 5.41) is 8.98. The van der Waals surface area contributed by atoms with Crippen LogP contribution in [0.2, 0.25) is 0 Å². The topological polar surface area (TPSA) is 167 Å². The number of carbonyl (C=O) groups is 4. The summed E-state index contributed by atoms with van der Waals surface area (Å²) in [5.74, 6) is -0.869. The highest BCUT2D eigenvalue weighted by Crippen LogP contribution is 2.38. The van der Waals surface area contributed by atoms with Gasteiger partial charge in [-0.25, -0.2) is 9.59 Å². The summed E-state index contributed by atoms with van der Waals surface area (Å²) in [6.45, 7) is 15.6. The van der Waals surface area contributed by atoms with Crippen LogP contribution in [0.4, 0.5) is 17.1 Å². The summed E-state index contributed by atoms with van der Waals surface area (Å²) in [6, 6.07) is 17.3. The Morgan fingerprint density at radius 1 is 0.740 bits per heavy atom. The van der Waals surface area contributed by atoms with Crippen LogP contribution in [0, 0.1) is 0 Å². The normalized spacial score (nSPS) is 19.5. The fraction of sp³-hybridized carbons (Fsp3) is 0.421. The summed E-state index contributed by atoms with van der Waals surface area (Å²) < 4.78 is 23.2. The lowest BCUT2D eigenvalue weighted by Gasteiger charge is -2.35. The lowest BCUT2D eigenvalue weighted by molar-refractivity contribution is -0.162. The van der Waals surface area contributed by atoms with E-state index in [1.165, 1.54) is 0 Å². The van der Waals surface area contributed by atoms with E-state index < -0.39 is 46.4 Å². The summed E-state index contributed by atoms with van der Waals surface area (Å²) in [6.07, 6.45) is -1.33. The molecule has 4 atom stereocenters. The number of rotatable bonds is 8. The fourth-order valence-corrected chi connectivity index (χ4v) is 5.66. The summed E-state index contributed by atoms with van der Waals surface area (Å²) in [7, 11) is 0. The number of benzene rings is 3. The third-order valence-corrected chi connectivity index (χ3v) is 8.29. The Kier molecular flexibility index (Phi) is 9.39. The van der Waals surface area contributed by atoms with Gasteiger partial charge in [0.25, 0.3) is 11.8 Å². The van der Waals surface area contributed by atoms with Crippen LogP contribution in [0.15, 0.2) is 60.7 Å². The smallest absolute Gasteiger partial charge is 0.336 e. The molecule has 4 unspecified atom stereocenters. The van der Waals surface area contributed by atoms with Gasteiger partial charge in [-0.05, 0) is 109 Å². The van der Waals surface area contributed by atoms with E-state index in [0.717, 1.165) is 0 Å². The number of anilines is 3. The highest BCUT2D eigenvalue weighted by Gasteiger charge is 2.43. The molecule has 0 bridgehead atoms. The minimum Gasteiger partial charge on any atom is -0.479 e. The van der Waals surface area contributed by atoms with E-state index in [1.807, 2.05) is 6.07 Å². The quantitative estimate of drug-likeness (QED) is 0.221. The number of amides is 2. The molecule has 266 valence electrons. The molecule has 2 heterocycles. The monoisotopic (exact) mass is 686 g/mol. The van der Waals surface area contributed by atoms with Crippen molar-refractivity contribution in [2.45, 2.75) is 103 Å². The number of esters is 2. The molecule has 3 aromatic rings. The van der Waals surface area contributed by atoms with E-state index in [-0.39, 0.29) is 18.2 Å². The highest BCUT2D eigenvalue weighted by molar-refractivity contribution is 5.99. The van der Waals surface area contributed by atoms with Crippen molar-refractivity contribution in [3.8, 4) is 11.5 Å². The second-order valence-electron chi connectivity index (χ2n) is 15.0. The van der Waals surface area contributed by atoms with Gasteiger partial charge < -0.3 is 40.6 Å². The van der Waals surface area contributed by atoms with Crippen LogP contribution in [0.1, 0.15) is 79.0 Å². The Bertz CT molecular complexity index is 1840. The third-order valence-electron chi connectivity index (χ3n) is 8.29. The van der Waals surface area contributed by atoms with Crippen molar-refractivity contribution in [1.29, 1.82) is 0 Å². The Balaban J connectivity index is 1.55. The van der Waals surface area contributed by atoms with Crippen LogP contribution in [0.3, 0.4) is 0 Å². The molecule has 3 aromatic carbocycles. The van der Waals surface area contributed by atoms with Gasteiger partial charge in [-0.3, -0.25) is 9.59 Å². The molecular weight excluding hydrogens is 640 g/mol. The van der Waals surface area contributed by atoms with Crippen molar-refractivity contribution in [2.24, 2.45) is 5.73 Å². The van der Waals surface area contributed by atoms with Gasteiger partial charge in [0.05, 0.1) is 11.4 Å². The Morgan fingerprint density at radius 3 is 1.86 bits per heavy atom. The lowest BCUT2D eigenvalue weighted by atomic mass is 9.82. The first-order valence-electron chi connectivity index (χ1n) is 16.5. The molecular formula is C38H46N4O8. The molecule has 2 aliphatic rings. The van der Waals surface area contributed by atoms with E-state index >= 15 is 0 Å². The number of hydrogen-bond donors (Lipinski definition) is 4. The van der Waals surface area contributed by atoms with E-state index in [0.29, 0.717) is 45.3 Å². The molecule has 0 radical (unpaired) electrons. The van der Waals surface area contributed by atoms with E-state index in [4.69, 9.17) is 24.7 Å². The zero-order chi connectivity index (χ0) is 36.8. The van der Waals surface area contributed by atoms with E-state index in [9.17, 15) is 19.2 Å². The predicted molar refractivity (Wildman–Crippen MR) is 189 cm³/mol. The Hall–Kier alpha value is -5.10. The molecule has 0 fully saturated rings. The van der Waals surface area contributed by atoms with Crippen molar-refractivity contribution in [3.63, 3.8) is 0 Å². The molecule has 5 N–H and O–H groups in total. The maximum absolute atomic E-state index is 14.0. The van der Waals surface area contributed by atoms with Crippen molar-refractivity contribution >= 4 is 40.8 Å². The van der Waals surface area contributed by atoms with Gasteiger partial charge in [0.15, 0.2) is 17.7 Å². The zero-order valence-corrected chi connectivity index (χ0v) is 30.0. The summed E-state index contributed by atoms with van der Waals surface area (Å²) in [5.41, 5.74) is 5.14. The molecule has 50 heavy (non-hydrogen) atoms. The number of nitrogens with one attached hydrogen (secondary N) is 3. The van der Waals surface area contributed by atoms with Gasteiger partial charge in [0, 0.05) is 12.1 Å². The molecule has 12 nitrogen and oxygen atoms in total. The zero-order valence-electron chi connectivity index (χ0n) is 30.0. The largest absolute Gasteiger partial charge is 0.479 e. The van der Waals surface area contributed by atoms with Crippen LogP contribution < -0.4 is 31.2 Å². The Labute approximate surface area is 292 Å². The minimum atomic E-state index is -1.71. The van der Waals surface area contributed by atoms with E-state index in [2.05, 4.69) is 16.0 Å². The highest BCUT2D eigenvalue weighted by atomic mass is 16.6. The van der Waals surface area contributed by atoms with Gasteiger partial charge in [-0.1, -0.05) is 30.3 Å². The first kappa shape index (κ1) is 36.2. The van der Waals surface area contributed by atoms with Gasteiger partial charge >= 0.3 is 11.9 Å². The number of ether oxygens (including phenoxy) is 4. The molecule has 0 saturated carbocycles. The molecule has 0 aliphatic carbocycles. The van der Waals surface area contributed by atoms with Crippen molar-refractivity contribution in [1.82, 2.24) is 0 Å². The van der Waals surface area contributed by atoms with Gasteiger partial charge in [-0.15, -0.1) is 0 Å². The first-order valence-corrected chi connectivity index (χ1v) is 16.5. The number of carbonyl (C=O) groups excluding carboxylic acids is 4. The summed E-state index contributed by atoms with van der Waals surface area (Å²) >= 11 is 0. The number of nitrogens with two attached hydrogens (primary N) is 1. The maximum atomic E-state index is 14.0. The fourth-order valence-electron chi connectivity index (χ4n) is 5.66. The summed E-state index contributed by atoms with van der Waals surface area (Å²) in [4.78, 5) is 52.7. The average molecular weight is 687 g/mol. The third kappa shape index (κ3) is 7.70. The number of hydrogen-bond acceptors (Lipinski definition) is 10. The Morgan fingerprint density at radius 2 is 1.28 bits per heavy atom. The van der Waals surface area contributed by atoms with Crippen LogP contribution in [-0.2, 0) is 46.2 Å². The average Bonchev–Trinajstić information content (AvgIpc) is 3.00. The molecule has 5 rings (SSSR count). The van der Waals surface area contributed by atoms with Crippen molar-refractivity contribution in [2.75, 3.05) is 16.0 Å².